The van der Waals surface area contributed by atoms with Crippen LogP contribution in [-0.4, -0.2) is 59.3 Å². The average Bonchev–Trinajstić information content (AvgIpc) is 3.59. The highest BCUT2D eigenvalue weighted by molar-refractivity contribution is 6.08. The number of rotatable bonds is 7. The summed E-state index contributed by atoms with van der Waals surface area (Å²) < 4.78 is 5.41. The van der Waals surface area contributed by atoms with Crippen molar-refractivity contribution in [2.45, 2.75) is 49.6 Å². The molecule has 1 spiro atoms. The third kappa shape index (κ3) is 4.10. The largest absolute Gasteiger partial charge is 0.496 e. The van der Waals surface area contributed by atoms with E-state index < -0.39 is 35.2 Å². The number of ether oxygens (including phenoxy) is 1. The number of hydrogen-bond acceptors (Lipinski definition) is 5. The Hall–Kier alpha value is -4.34. The molecule has 1 saturated heterocycles. The van der Waals surface area contributed by atoms with Crippen LogP contribution in [0.5, 0.6) is 5.75 Å². The third-order valence-corrected chi connectivity index (χ3v) is 8.58. The molecule has 3 aliphatic rings. The van der Waals surface area contributed by atoms with E-state index in [0.717, 1.165) is 35.7 Å². The Bertz CT molecular complexity index is 1490. The van der Waals surface area contributed by atoms with Crippen LogP contribution in [0.3, 0.4) is 0 Å². The predicted molar refractivity (Wildman–Crippen MR) is 144 cm³/mol. The number of nitrogens with zero attached hydrogens (tertiary/aromatic N) is 1. The van der Waals surface area contributed by atoms with E-state index in [0.29, 0.717) is 29.5 Å². The highest BCUT2D eigenvalue weighted by Crippen LogP contribution is 2.46. The zero-order valence-corrected chi connectivity index (χ0v) is 21.7. The Labute approximate surface area is 225 Å². The maximum atomic E-state index is 14.1. The number of likely N-dealkylation sites (tertiary alicyclic amines) is 1. The maximum Gasteiger partial charge on any atom is 0.268 e. The number of para-hydroxylation sites is 1. The van der Waals surface area contributed by atoms with Crippen molar-refractivity contribution in [2.75, 3.05) is 19.0 Å². The number of methoxy groups -OCH3 is 1. The lowest BCUT2D eigenvalue weighted by molar-refractivity contribution is -0.139. The van der Waals surface area contributed by atoms with E-state index in [9.17, 15) is 19.2 Å². The summed E-state index contributed by atoms with van der Waals surface area (Å²) in [5.41, 5.74) is 7.18. The van der Waals surface area contributed by atoms with Crippen LogP contribution >= 0.6 is 0 Å². The summed E-state index contributed by atoms with van der Waals surface area (Å²) in [5, 5.41) is 6.57. The van der Waals surface area contributed by atoms with Gasteiger partial charge >= 0.3 is 0 Å². The second kappa shape index (κ2) is 9.44. The van der Waals surface area contributed by atoms with Gasteiger partial charge in [-0.25, -0.2) is 0 Å². The van der Waals surface area contributed by atoms with Crippen LogP contribution < -0.4 is 21.1 Å². The van der Waals surface area contributed by atoms with Crippen LogP contribution in [0.15, 0.2) is 48.5 Å². The van der Waals surface area contributed by atoms with Crippen LogP contribution in [0.25, 0.3) is 10.9 Å². The molecule has 1 aliphatic carbocycles. The van der Waals surface area contributed by atoms with Gasteiger partial charge in [-0.15, -0.1) is 0 Å². The summed E-state index contributed by atoms with van der Waals surface area (Å²) in [5.74, 6) is -0.834. The Balaban J connectivity index is 1.30. The molecule has 0 radical (unpaired) electrons. The first-order valence-electron chi connectivity index (χ1n) is 13.3. The fourth-order valence-corrected chi connectivity index (χ4v) is 6.27. The SMILES string of the molecule is COc1cccc2[nH]c(C(=O)NC(CC3CCC3)C(=O)N3C[C@]4(C[C@H]3C(N)=O)C(=O)Nc3ccccc34)cc12. The monoisotopic (exact) mass is 529 g/mol. The highest BCUT2D eigenvalue weighted by Gasteiger charge is 2.57. The van der Waals surface area contributed by atoms with Crippen LogP contribution in [0.4, 0.5) is 5.69 Å². The molecule has 3 heterocycles. The number of carbonyl (C=O) groups excluding carboxylic acids is 4. The zero-order chi connectivity index (χ0) is 27.3. The average molecular weight is 530 g/mol. The van der Waals surface area contributed by atoms with Crippen LogP contribution in [0.2, 0.25) is 0 Å². The van der Waals surface area contributed by atoms with Crippen molar-refractivity contribution in [3.8, 4) is 5.75 Å². The number of anilines is 1. The number of nitrogens with two attached hydrogens (primary N) is 1. The van der Waals surface area contributed by atoms with E-state index in [-0.39, 0.29) is 18.9 Å². The molecule has 3 aromatic rings. The Morgan fingerprint density at radius 3 is 2.69 bits per heavy atom. The second-order valence-corrected chi connectivity index (χ2v) is 10.8. The number of aromatic nitrogens is 1. The molecule has 4 amide bonds. The number of primary amides is 1. The standard InChI is InChI=1S/C29H31N5O5/c1-39-24-11-5-10-19-17(24)13-21(31-19)26(36)32-22(12-16-6-4-7-16)27(37)34-15-29(14-23(34)25(30)35)18-8-2-3-9-20(18)33-28(29)38/h2-3,5,8-11,13,16,22-23,31H,4,6-7,12,14-15H2,1H3,(H2,30,35)(H,32,36)(H,33,38)/t22?,23-,29-/m0/s1. The number of fused-ring (bicyclic) bond motifs is 3. The first kappa shape index (κ1) is 25.0. The molecule has 0 bridgehead atoms. The molecular formula is C29H31N5O5. The minimum atomic E-state index is -1.06. The van der Waals surface area contributed by atoms with Crippen molar-refractivity contribution in [1.82, 2.24) is 15.2 Å². The lowest BCUT2D eigenvalue weighted by Gasteiger charge is -2.33. The van der Waals surface area contributed by atoms with Crippen molar-refractivity contribution in [3.63, 3.8) is 0 Å². The molecule has 10 nitrogen and oxygen atoms in total. The molecule has 1 unspecified atom stereocenters. The molecule has 2 aromatic carbocycles. The van der Waals surface area contributed by atoms with Gasteiger partial charge in [0.15, 0.2) is 0 Å². The van der Waals surface area contributed by atoms with Gasteiger partial charge in [0.2, 0.25) is 17.7 Å². The van der Waals surface area contributed by atoms with Gasteiger partial charge in [0, 0.05) is 23.1 Å². The van der Waals surface area contributed by atoms with Crippen molar-refractivity contribution < 1.29 is 23.9 Å². The van der Waals surface area contributed by atoms with E-state index in [1.54, 1.807) is 19.2 Å². The van der Waals surface area contributed by atoms with Gasteiger partial charge < -0.3 is 31.0 Å². The van der Waals surface area contributed by atoms with Gasteiger partial charge in [0.1, 0.15) is 23.5 Å². The number of hydrogen-bond donors (Lipinski definition) is 4. The summed E-state index contributed by atoms with van der Waals surface area (Å²) in [7, 11) is 1.57. The summed E-state index contributed by atoms with van der Waals surface area (Å²) in [6.45, 7) is 0.0168. The summed E-state index contributed by atoms with van der Waals surface area (Å²) in [6, 6.07) is 12.7. The Kier molecular flexibility index (Phi) is 6.05. The molecule has 39 heavy (non-hydrogen) atoms. The summed E-state index contributed by atoms with van der Waals surface area (Å²) >= 11 is 0. The van der Waals surface area contributed by atoms with Crippen molar-refractivity contribution >= 4 is 40.2 Å². The third-order valence-electron chi connectivity index (χ3n) is 8.58. The van der Waals surface area contributed by atoms with E-state index in [4.69, 9.17) is 10.5 Å². The van der Waals surface area contributed by atoms with Crippen molar-refractivity contribution in [3.05, 3.63) is 59.8 Å². The normalized spacial score (nSPS) is 22.8. The van der Waals surface area contributed by atoms with Gasteiger partial charge in [-0.05, 0) is 48.6 Å². The Morgan fingerprint density at radius 2 is 1.97 bits per heavy atom. The van der Waals surface area contributed by atoms with Gasteiger partial charge in [-0.3, -0.25) is 19.2 Å². The predicted octanol–water partition coefficient (Wildman–Crippen LogP) is 2.44. The smallest absolute Gasteiger partial charge is 0.268 e. The minimum absolute atomic E-state index is 0.0168. The highest BCUT2D eigenvalue weighted by atomic mass is 16.5. The number of nitrogens with one attached hydrogen (secondary N) is 3. The first-order valence-corrected chi connectivity index (χ1v) is 13.3. The summed E-state index contributed by atoms with van der Waals surface area (Å²) in [4.78, 5) is 57.8. The van der Waals surface area contributed by atoms with Gasteiger partial charge in [0.05, 0.1) is 12.5 Å². The second-order valence-electron chi connectivity index (χ2n) is 10.8. The number of amides is 4. The fraction of sp³-hybridized carbons (Fsp3) is 0.379. The lowest BCUT2D eigenvalue weighted by atomic mass is 9.79. The minimum Gasteiger partial charge on any atom is -0.496 e. The number of carbonyl (C=O) groups is 4. The van der Waals surface area contributed by atoms with Crippen LogP contribution in [0, 0.1) is 5.92 Å². The first-order chi connectivity index (χ1) is 18.8. The number of aromatic amines is 1. The maximum absolute atomic E-state index is 14.1. The molecular weight excluding hydrogens is 498 g/mol. The van der Waals surface area contributed by atoms with E-state index in [1.807, 2.05) is 36.4 Å². The van der Waals surface area contributed by atoms with E-state index in [1.165, 1.54) is 4.90 Å². The molecule has 1 saturated carbocycles. The van der Waals surface area contributed by atoms with E-state index >= 15 is 0 Å². The van der Waals surface area contributed by atoms with Gasteiger partial charge in [0.25, 0.3) is 5.91 Å². The zero-order valence-electron chi connectivity index (χ0n) is 21.7. The summed E-state index contributed by atoms with van der Waals surface area (Å²) in [6.07, 6.45) is 3.58. The quantitative estimate of drug-likeness (QED) is 0.371. The Morgan fingerprint density at radius 1 is 1.18 bits per heavy atom. The molecule has 2 aliphatic heterocycles. The van der Waals surface area contributed by atoms with Crippen LogP contribution in [0.1, 0.15) is 48.2 Å². The molecule has 6 rings (SSSR count). The van der Waals surface area contributed by atoms with Gasteiger partial charge in [-0.2, -0.15) is 0 Å². The van der Waals surface area contributed by atoms with Crippen molar-refractivity contribution in [2.24, 2.45) is 11.7 Å². The molecule has 10 heteroatoms. The molecule has 2 fully saturated rings. The van der Waals surface area contributed by atoms with Gasteiger partial charge in [-0.1, -0.05) is 43.5 Å². The lowest BCUT2D eigenvalue weighted by Crippen LogP contribution is -2.54. The molecule has 3 atom stereocenters. The molecule has 1 aromatic heterocycles. The molecule has 5 N–H and O–H groups in total. The van der Waals surface area contributed by atoms with Crippen molar-refractivity contribution in [1.29, 1.82) is 0 Å². The van der Waals surface area contributed by atoms with E-state index in [2.05, 4.69) is 15.6 Å². The molecule has 202 valence electrons. The topological polar surface area (TPSA) is 147 Å². The fourth-order valence-electron chi connectivity index (χ4n) is 6.27. The number of H-pyrrole nitrogens is 1. The van der Waals surface area contributed by atoms with Crippen LogP contribution in [-0.2, 0) is 19.8 Å². The number of benzene rings is 2.